The summed E-state index contributed by atoms with van der Waals surface area (Å²) < 4.78 is 73.8. The van der Waals surface area contributed by atoms with Crippen molar-refractivity contribution in [1.82, 2.24) is 9.62 Å². The number of amides is 1. The molecule has 0 atom stereocenters. The number of sulfonamides is 1. The van der Waals surface area contributed by atoms with Crippen LogP contribution in [0, 0.1) is 0 Å². The predicted octanol–water partition coefficient (Wildman–Crippen LogP) is 1.51. The number of carbonyl (C=O) groups is 3. The Labute approximate surface area is 186 Å². The number of methoxy groups -OCH3 is 1. The Balaban J connectivity index is 1.82. The van der Waals surface area contributed by atoms with Crippen molar-refractivity contribution in [3.05, 3.63) is 40.9 Å². The van der Waals surface area contributed by atoms with E-state index in [1.807, 2.05) is 4.72 Å². The van der Waals surface area contributed by atoms with Crippen molar-refractivity contribution >= 4 is 39.6 Å². The predicted molar refractivity (Wildman–Crippen MR) is 106 cm³/mol. The van der Waals surface area contributed by atoms with E-state index in [4.69, 9.17) is 4.74 Å². The first-order chi connectivity index (χ1) is 14.9. The van der Waals surface area contributed by atoms with Gasteiger partial charge in [0.15, 0.2) is 0 Å². The molecule has 0 bridgehead atoms. The van der Waals surface area contributed by atoms with Crippen LogP contribution in [0.2, 0.25) is 0 Å². The number of esters is 2. The third kappa shape index (κ3) is 7.24. The van der Waals surface area contributed by atoms with Crippen LogP contribution in [0.3, 0.4) is 0 Å². The normalized spacial score (nSPS) is 15.8. The van der Waals surface area contributed by atoms with Gasteiger partial charge in [0.2, 0.25) is 15.9 Å². The smallest absolute Gasteiger partial charge is 0.416 e. The lowest BCUT2D eigenvalue weighted by Gasteiger charge is -2.16. The SMILES string of the molecule is COC(=O)/C=C1/SCC(=O)N1CCCOC(=O)CNS(=O)(=O)c1cccc(C(F)(F)F)c1. The first kappa shape index (κ1) is 25.7. The summed E-state index contributed by atoms with van der Waals surface area (Å²) in [5, 5.41) is 0.405. The lowest BCUT2D eigenvalue weighted by molar-refractivity contribution is -0.142. The quantitative estimate of drug-likeness (QED) is 0.311. The highest BCUT2D eigenvalue weighted by atomic mass is 32.2. The summed E-state index contributed by atoms with van der Waals surface area (Å²) in [6.45, 7) is -0.785. The van der Waals surface area contributed by atoms with Crippen LogP contribution >= 0.6 is 11.8 Å². The summed E-state index contributed by atoms with van der Waals surface area (Å²) in [4.78, 5) is 35.7. The Morgan fingerprint density at radius 3 is 2.69 bits per heavy atom. The van der Waals surface area contributed by atoms with E-state index >= 15 is 0 Å². The average molecular weight is 496 g/mol. The van der Waals surface area contributed by atoms with Crippen molar-refractivity contribution in [1.29, 1.82) is 0 Å². The largest absolute Gasteiger partial charge is 0.466 e. The molecule has 2 rings (SSSR count). The number of hydrogen-bond donors (Lipinski definition) is 1. The maximum atomic E-state index is 12.7. The van der Waals surface area contributed by atoms with Crippen LogP contribution in [0.25, 0.3) is 0 Å². The second-order valence-corrected chi connectivity index (χ2v) is 9.03. The van der Waals surface area contributed by atoms with Crippen LogP contribution in [-0.4, -0.2) is 63.7 Å². The van der Waals surface area contributed by atoms with Crippen LogP contribution < -0.4 is 4.72 Å². The zero-order chi connectivity index (χ0) is 23.9. The minimum atomic E-state index is -4.72. The molecule has 0 aromatic heterocycles. The Bertz CT molecular complexity index is 1010. The van der Waals surface area contributed by atoms with Gasteiger partial charge in [0, 0.05) is 6.54 Å². The van der Waals surface area contributed by atoms with Gasteiger partial charge in [-0.25, -0.2) is 13.2 Å². The second-order valence-electron chi connectivity index (χ2n) is 6.26. The van der Waals surface area contributed by atoms with Crippen LogP contribution in [0.4, 0.5) is 13.2 Å². The standard InChI is InChI=1S/C18H19F3N2O7S2/c1-29-16(25)9-15-23(14(24)11-31-15)6-3-7-30-17(26)10-22-32(27,28)13-5-2-4-12(8-13)18(19,20)21/h2,4-5,8-9,22H,3,6-7,10-11H2,1H3/b15-9+. The molecule has 1 saturated heterocycles. The van der Waals surface area contributed by atoms with Crippen molar-refractivity contribution in [2.45, 2.75) is 17.5 Å². The minimum absolute atomic E-state index is 0.149. The summed E-state index contributed by atoms with van der Waals surface area (Å²) in [7, 11) is -3.17. The van der Waals surface area contributed by atoms with Crippen molar-refractivity contribution in [2.75, 3.05) is 32.6 Å². The molecule has 1 aliphatic rings. The number of halogens is 3. The highest BCUT2D eigenvalue weighted by Crippen LogP contribution is 2.30. The van der Waals surface area contributed by atoms with E-state index in [9.17, 15) is 36.0 Å². The number of thioether (sulfide) groups is 1. The van der Waals surface area contributed by atoms with Gasteiger partial charge in [-0.15, -0.1) is 0 Å². The minimum Gasteiger partial charge on any atom is -0.466 e. The summed E-state index contributed by atoms with van der Waals surface area (Å²) in [6.07, 6.45) is -3.34. The Hall–Kier alpha value is -2.58. The molecule has 1 aromatic carbocycles. The van der Waals surface area contributed by atoms with E-state index in [2.05, 4.69) is 4.74 Å². The number of rotatable bonds is 9. The molecule has 0 aliphatic carbocycles. The van der Waals surface area contributed by atoms with Crippen molar-refractivity contribution in [2.24, 2.45) is 0 Å². The lowest BCUT2D eigenvalue weighted by Crippen LogP contribution is -2.31. The number of ether oxygens (including phenoxy) is 2. The highest BCUT2D eigenvalue weighted by Gasteiger charge is 2.32. The molecule has 1 N–H and O–H groups in total. The number of nitrogens with zero attached hydrogens (tertiary/aromatic N) is 1. The summed E-state index contributed by atoms with van der Waals surface area (Å²) in [6, 6.07) is 3.09. The van der Waals surface area contributed by atoms with E-state index in [0.717, 1.165) is 30.0 Å². The Morgan fingerprint density at radius 1 is 1.31 bits per heavy atom. The maximum Gasteiger partial charge on any atom is 0.416 e. The highest BCUT2D eigenvalue weighted by molar-refractivity contribution is 8.04. The molecule has 176 valence electrons. The number of hydrogen-bond acceptors (Lipinski definition) is 8. The summed E-state index contributed by atoms with van der Waals surface area (Å²) >= 11 is 1.16. The number of nitrogens with one attached hydrogen (secondary N) is 1. The molecule has 9 nitrogen and oxygen atoms in total. The van der Waals surface area contributed by atoms with Crippen molar-refractivity contribution < 1.29 is 45.4 Å². The van der Waals surface area contributed by atoms with Gasteiger partial charge >= 0.3 is 18.1 Å². The molecule has 1 heterocycles. The van der Waals surface area contributed by atoms with E-state index in [1.54, 1.807) is 0 Å². The molecule has 0 spiro atoms. The molecule has 0 saturated carbocycles. The fourth-order valence-corrected chi connectivity index (χ4v) is 4.44. The third-order valence-electron chi connectivity index (χ3n) is 4.02. The number of alkyl halides is 3. The van der Waals surface area contributed by atoms with Crippen molar-refractivity contribution in [3.63, 3.8) is 0 Å². The van der Waals surface area contributed by atoms with Gasteiger partial charge < -0.3 is 14.4 Å². The number of benzene rings is 1. The molecule has 0 radical (unpaired) electrons. The average Bonchev–Trinajstić information content (AvgIpc) is 3.08. The van der Waals surface area contributed by atoms with E-state index in [0.29, 0.717) is 11.1 Å². The van der Waals surface area contributed by atoms with Crippen LogP contribution in [0.5, 0.6) is 0 Å². The van der Waals surface area contributed by atoms with Gasteiger partial charge in [-0.05, 0) is 24.6 Å². The van der Waals surface area contributed by atoms with Crippen LogP contribution in [0.15, 0.2) is 40.3 Å². The van der Waals surface area contributed by atoms with Gasteiger partial charge in [-0.1, -0.05) is 17.8 Å². The van der Waals surface area contributed by atoms with E-state index in [1.165, 1.54) is 18.1 Å². The van der Waals surface area contributed by atoms with E-state index in [-0.39, 0.29) is 31.2 Å². The molecule has 14 heteroatoms. The van der Waals surface area contributed by atoms with Gasteiger partial charge in [0.1, 0.15) is 6.54 Å². The Morgan fingerprint density at radius 2 is 2.03 bits per heavy atom. The van der Waals surface area contributed by atoms with Crippen LogP contribution in [0.1, 0.15) is 12.0 Å². The molecular formula is C18H19F3N2O7S2. The van der Waals surface area contributed by atoms with Gasteiger partial charge in [0.05, 0.1) is 41.0 Å². The topological polar surface area (TPSA) is 119 Å². The molecule has 1 amide bonds. The van der Waals surface area contributed by atoms with Gasteiger partial charge in [-0.2, -0.15) is 17.9 Å². The maximum absolute atomic E-state index is 12.7. The fourth-order valence-electron chi connectivity index (χ4n) is 2.47. The monoisotopic (exact) mass is 496 g/mol. The second kappa shape index (κ2) is 10.8. The first-order valence-electron chi connectivity index (χ1n) is 8.99. The zero-order valence-corrected chi connectivity index (χ0v) is 18.3. The first-order valence-corrected chi connectivity index (χ1v) is 11.5. The summed E-state index contributed by atoms with van der Waals surface area (Å²) in [5.41, 5.74) is -1.14. The summed E-state index contributed by atoms with van der Waals surface area (Å²) in [5.74, 6) is -1.65. The number of carbonyl (C=O) groups excluding carboxylic acids is 3. The molecule has 1 fully saturated rings. The molecule has 0 unspecified atom stereocenters. The molecule has 1 aliphatic heterocycles. The lowest BCUT2D eigenvalue weighted by atomic mass is 10.2. The fraction of sp³-hybridized carbons (Fsp3) is 0.389. The van der Waals surface area contributed by atoms with Gasteiger partial charge in [-0.3, -0.25) is 9.59 Å². The third-order valence-corrected chi connectivity index (χ3v) is 6.44. The zero-order valence-electron chi connectivity index (χ0n) is 16.7. The van der Waals surface area contributed by atoms with Crippen LogP contribution in [-0.2, 0) is 40.1 Å². The Kier molecular flexibility index (Phi) is 8.69. The van der Waals surface area contributed by atoms with Gasteiger partial charge in [0.25, 0.3) is 0 Å². The molecule has 1 aromatic rings. The van der Waals surface area contributed by atoms with E-state index < -0.39 is 45.1 Å². The van der Waals surface area contributed by atoms with Crippen molar-refractivity contribution in [3.8, 4) is 0 Å². The molecular weight excluding hydrogens is 477 g/mol. The molecule has 32 heavy (non-hydrogen) atoms.